The Hall–Kier alpha value is -5.66. The van der Waals surface area contributed by atoms with Gasteiger partial charge < -0.3 is 39.9 Å². The van der Waals surface area contributed by atoms with Crippen molar-refractivity contribution in [3.63, 3.8) is 0 Å². The lowest BCUT2D eigenvalue weighted by Gasteiger charge is -2.30. The maximum atomic E-state index is 13.7. The molecule has 14 heteroatoms. The van der Waals surface area contributed by atoms with Gasteiger partial charge in [0.05, 0.1) is 50.1 Å². The molecule has 2 aliphatic heterocycles. The van der Waals surface area contributed by atoms with E-state index in [0.717, 1.165) is 84.7 Å². The molecule has 0 unspecified atom stereocenters. The monoisotopic (exact) mass is 778 g/mol. The number of fused-ring (bicyclic) bond motifs is 1. The number of methoxy groups -OCH3 is 2. The predicted octanol–water partition coefficient (Wildman–Crippen LogP) is 6.71. The lowest BCUT2D eigenvalue weighted by atomic mass is 9.92. The molecule has 4 heterocycles. The zero-order valence-electron chi connectivity index (χ0n) is 33.7. The van der Waals surface area contributed by atoms with E-state index in [-0.39, 0.29) is 35.7 Å². The van der Waals surface area contributed by atoms with Gasteiger partial charge in [0.15, 0.2) is 0 Å². The summed E-state index contributed by atoms with van der Waals surface area (Å²) >= 11 is 0. The number of hydrogen-bond donors (Lipinski definition) is 4. The highest BCUT2D eigenvalue weighted by atomic mass is 16.5. The molecule has 3 aliphatic rings. The van der Waals surface area contributed by atoms with Gasteiger partial charge in [0.25, 0.3) is 0 Å². The summed E-state index contributed by atoms with van der Waals surface area (Å²) in [5.41, 5.74) is 8.97. The lowest BCUT2D eigenvalue weighted by molar-refractivity contribution is -0.136. The van der Waals surface area contributed by atoms with E-state index in [4.69, 9.17) is 19.4 Å². The first-order valence-electron chi connectivity index (χ1n) is 20.1. The molecule has 2 fully saturated rings. The van der Waals surface area contributed by atoms with Gasteiger partial charge in [0.2, 0.25) is 11.8 Å². The number of ether oxygens (including phenoxy) is 2. The lowest BCUT2D eigenvalue weighted by Crippen LogP contribution is -2.51. The summed E-state index contributed by atoms with van der Waals surface area (Å²) in [5, 5.41) is 5.43. The van der Waals surface area contributed by atoms with E-state index in [1.54, 1.807) is 0 Å². The van der Waals surface area contributed by atoms with Crippen molar-refractivity contribution in [2.45, 2.75) is 96.8 Å². The zero-order valence-corrected chi connectivity index (χ0v) is 33.7. The minimum atomic E-state index is -0.686. The Balaban J connectivity index is 1.07. The second-order valence-electron chi connectivity index (χ2n) is 16.0. The van der Waals surface area contributed by atoms with E-state index in [9.17, 15) is 19.2 Å². The minimum absolute atomic E-state index is 0.102. The number of aromatic amines is 2. The quantitative estimate of drug-likeness (QED) is 0.130. The van der Waals surface area contributed by atoms with E-state index in [2.05, 4.69) is 57.0 Å². The van der Waals surface area contributed by atoms with Crippen LogP contribution in [-0.4, -0.2) is 93.1 Å². The van der Waals surface area contributed by atoms with Crippen LogP contribution in [0.25, 0.3) is 33.6 Å². The van der Waals surface area contributed by atoms with Crippen LogP contribution in [0.1, 0.15) is 94.7 Å². The number of hydrogen-bond acceptors (Lipinski definition) is 8. The summed E-state index contributed by atoms with van der Waals surface area (Å²) in [5.74, 6) is 1.03. The Kier molecular flexibility index (Phi) is 11.7. The molecule has 57 heavy (non-hydrogen) atoms. The number of carbonyl (C=O) groups excluding carboxylic acids is 4. The Labute approximate surface area is 333 Å². The summed E-state index contributed by atoms with van der Waals surface area (Å²) in [6, 6.07) is 11.1. The summed E-state index contributed by atoms with van der Waals surface area (Å²) in [6.07, 6.45) is 8.80. The highest BCUT2D eigenvalue weighted by molar-refractivity contribution is 5.87. The third-order valence-corrected chi connectivity index (χ3v) is 11.8. The number of amides is 4. The van der Waals surface area contributed by atoms with Gasteiger partial charge >= 0.3 is 12.2 Å². The van der Waals surface area contributed by atoms with Gasteiger partial charge in [-0.3, -0.25) is 9.59 Å². The topological polar surface area (TPSA) is 175 Å². The van der Waals surface area contributed by atoms with Crippen molar-refractivity contribution in [1.29, 1.82) is 0 Å². The number of benzene rings is 2. The van der Waals surface area contributed by atoms with Crippen molar-refractivity contribution in [3.8, 4) is 33.6 Å². The number of H-pyrrole nitrogens is 2. The predicted molar refractivity (Wildman–Crippen MR) is 215 cm³/mol. The fourth-order valence-electron chi connectivity index (χ4n) is 8.74. The molecule has 2 saturated heterocycles. The molecule has 1 aliphatic carbocycles. The maximum absolute atomic E-state index is 13.7. The molecule has 4 N–H and O–H groups in total. The average molecular weight is 779 g/mol. The number of nitrogens with one attached hydrogen (secondary N) is 4. The van der Waals surface area contributed by atoms with Crippen LogP contribution in [0.4, 0.5) is 9.59 Å². The third kappa shape index (κ3) is 7.99. The van der Waals surface area contributed by atoms with Crippen molar-refractivity contribution < 1.29 is 28.7 Å². The first-order chi connectivity index (χ1) is 27.5. The summed E-state index contributed by atoms with van der Waals surface area (Å²) in [4.78, 5) is 71.5. The van der Waals surface area contributed by atoms with Gasteiger partial charge in [-0.05, 0) is 84.6 Å². The summed E-state index contributed by atoms with van der Waals surface area (Å²) in [7, 11) is 2.59. The summed E-state index contributed by atoms with van der Waals surface area (Å²) < 4.78 is 9.56. The van der Waals surface area contributed by atoms with Gasteiger partial charge in [0, 0.05) is 18.7 Å². The number of alkyl carbamates (subject to hydrolysis) is 2. The van der Waals surface area contributed by atoms with Crippen LogP contribution in [-0.2, 0) is 31.9 Å². The van der Waals surface area contributed by atoms with Gasteiger partial charge in [-0.2, -0.15) is 0 Å². The molecule has 4 aromatic rings. The number of aromatic nitrogens is 4. The van der Waals surface area contributed by atoms with E-state index in [1.807, 2.05) is 49.9 Å². The van der Waals surface area contributed by atoms with Crippen LogP contribution >= 0.6 is 0 Å². The van der Waals surface area contributed by atoms with E-state index >= 15 is 0 Å². The van der Waals surface area contributed by atoms with E-state index in [1.165, 1.54) is 30.9 Å². The fourth-order valence-corrected chi connectivity index (χ4v) is 8.74. The van der Waals surface area contributed by atoms with Crippen LogP contribution in [0.5, 0.6) is 0 Å². The maximum Gasteiger partial charge on any atom is 0.407 e. The normalized spacial score (nSPS) is 18.8. The standard InChI is InChI=1S/C43H54N8O6/c1-24(2)36(48-42(54)56-5)40(52)50-20-8-12-34(50)38-44-22-32(46-38)27-16-14-26(15-17-27)28-18-19-31(30-11-7-10-29(28)30)33-23-45-39(47-33)35-13-9-21-51(35)41(53)37(25(3)4)49-43(55)57-6/h14-19,22-25,34-37H,7-13,20-21H2,1-6H3,(H,44,46)(H,45,47)(H,48,54)(H,49,55)/t34-,35-,36-,37-/m0/s1. The highest BCUT2D eigenvalue weighted by Gasteiger charge is 2.39. The van der Waals surface area contributed by atoms with Crippen molar-refractivity contribution in [2.75, 3.05) is 27.3 Å². The smallest absolute Gasteiger partial charge is 0.407 e. The van der Waals surface area contributed by atoms with Crippen LogP contribution < -0.4 is 10.6 Å². The molecule has 0 saturated carbocycles. The number of imidazole rings is 2. The fraction of sp³-hybridized carbons (Fsp3) is 0.488. The molecule has 4 amide bonds. The number of carbonyl (C=O) groups is 4. The Morgan fingerprint density at radius 2 is 1.11 bits per heavy atom. The van der Waals surface area contributed by atoms with Gasteiger partial charge in [0.1, 0.15) is 23.7 Å². The molecular formula is C43H54N8O6. The Morgan fingerprint density at radius 3 is 1.61 bits per heavy atom. The molecular weight excluding hydrogens is 725 g/mol. The van der Waals surface area contributed by atoms with Crippen LogP contribution in [0.15, 0.2) is 48.8 Å². The zero-order chi connectivity index (χ0) is 40.4. The number of rotatable bonds is 11. The highest BCUT2D eigenvalue weighted by Crippen LogP contribution is 2.40. The minimum Gasteiger partial charge on any atom is -0.453 e. The van der Waals surface area contributed by atoms with Crippen LogP contribution in [0, 0.1) is 11.8 Å². The van der Waals surface area contributed by atoms with Gasteiger partial charge in [-0.25, -0.2) is 19.6 Å². The van der Waals surface area contributed by atoms with Crippen LogP contribution in [0.3, 0.4) is 0 Å². The van der Waals surface area contributed by atoms with Crippen LogP contribution in [0.2, 0.25) is 0 Å². The second-order valence-corrected chi connectivity index (χ2v) is 16.0. The average Bonchev–Trinajstić information content (AvgIpc) is 4.07. The van der Waals surface area contributed by atoms with Gasteiger partial charge in [-0.1, -0.05) is 64.1 Å². The first-order valence-corrected chi connectivity index (χ1v) is 20.1. The summed E-state index contributed by atoms with van der Waals surface area (Å²) in [6.45, 7) is 8.84. The molecule has 0 bridgehead atoms. The third-order valence-electron chi connectivity index (χ3n) is 11.8. The SMILES string of the molecule is COC(=O)N[C@H](C(=O)N1CCC[C@H]1c1ncc(-c2ccc(-c3ccc(-c4cnc([C@@H]5CCCN5C(=O)[C@@H](NC(=O)OC)C(C)C)[nH]4)c4c3CCC4)cc2)[nH]1)C(C)C. The van der Waals surface area contributed by atoms with Crippen molar-refractivity contribution in [3.05, 3.63) is 71.6 Å². The molecule has 4 atom stereocenters. The van der Waals surface area contributed by atoms with Crippen molar-refractivity contribution >= 4 is 24.0 Å². The van der Waals surface area contributed by atoms with Gasteiger partial charge in [-0.15, -0.1) is 0 Å². The molecule has 7 rings (SSSR count). The van der Waals surface area contributed by atoms with E-state index in [0.29, 0.717) is 13.1 Å². The number of likely N-dealkylation sites (tertiary alicyclic amines) is 2. The van der Waals surface area contributed by atoms with Crippen molar-refractivity contribution in [2.24, 2.45) is 11.8 Å². The molecule has 302 valence electrons. The molecule has 0 radical (unpaired) electrons. The Morgan fingerprint density at radius 1 is 0.649 bits per heavy atom. The van der Waals surface area contributed by atoms with E-state index < -0.39 is 24.3 Å². The molecule has 2 aromatic carbocycles. The molecule has 0 spiro atoms. The second kappa shape index (κ2) is 16.8. The Bertz CT molecular complexity index is 2110. The largest absolute Gasteiger partial charge is 0.453 e. The van der Waals surface area contributed by atoms with Crippen molar-refractivity contribution in [1.82, 2.24) is 40.4 Å². The molecule has 14 nitrogen and oxygen atoms in total. The molecule has 2 aromatic heterocycles. The number of nitrogens with zero attached hydrogens (tertiary/aromatic N) is 4. The first kappa shape index (κ1) is 39.6.